The molecule has 0 N–H and O–H groups in total. The van der Waals surface area contributed by atoms with Crippen molar-refractivity contribution in [1.29, 1.82) is 0 Å². The first-order valence-electron chi connectivity index (χ1n) is 7.46. The molecule has 0 bridgehead atoms. The first kappa shape index (κ1) is 15.0. The number of aromatic nitrogens is 1. The molecule has 2 unspecified atom stereocenters. The molecular weight excluding hydrogens is 264 g/mol. The number of rotatable bonds is 6. The van der Waals surface area contributed by atoms with Gasteiger partial charge in [0, 0.05) is 23.0 Å². The highest BCUT2D eigenvalue weighted by Gasteiger charge is 2.21. The van der Waals surface area contributed by atoms with Crippen LogP contribution in [0.2, 0.25) is 0 Å². The van der Waals surface area contributed by atoms with Crippen molar-refractivity contribution in [3.8, 4) is 11.3 Å². The van der Waals surface area contributed by atoms with Gasteiger partial charge in [0.2, 0.25) is 0 Å². The van der Waals surface area contributed by atoms with E-state index in [2.05, 4.69) is 62.2 Å². The van der Waals surface area contributed by atoms with Gasteiger partial charge in [0.05, 0.1) is 5.69 Å². The summed E-state index contributed by atoms with van der Waals surface area (Å²) in [5, 5.41) is 3.31. The molecule has 1 aromatic carbocycles. The summed E-state index contributed by atoms with van der Waals surface area (Å²) >= 11 is 1.75. The number of thiazole rings is 1. The maximum absolute atomic E-state index is 4.86. The zero-order chi connectivity index (χ0) is 14.5. The molecule has 1 aromatic heterocycles. The van der Waals surface area contributed by atoms with Gasteiger partial charge in [-0.15, -0.1) is 11.3 Å². The molecule has 0 aliphatic heterocycles. The number of anilines is 1. The Kier molecular flexibility index (Phi) is 5.18. The zero-order valence-corrected chi connectivity index (χ0v) is 13.7. The molecule has 3 heteroatoms. The van der Waals surface area contributed by atoms with Crippen LogP contribution in [0.4, 0.5) is 5.13 Å². The van der Waals surface area contributed by atoms with E-state index in [0.717, 1.165) is 23.7 Å². The van der Waals surface area contributed by atoms with E-state index < -0.39 is 0 Å². The summed E-state index contributed by atoms with van der Waals surface area (Å²) < 4.78 is 0. The maximum Gasteiger partial charge on any atom is 0.186 e. The van der Waals surface area contributed by atoms with Gasteiger partial charge in [-0.1, -0.05) is 44.2 Å². The minimum absolute atomic E-state index is 0.528. The van der Waals surface area contributed by atoms with E-state index >= 15 is 0 Å². The number of benzene rings is 1. The van der Waals surface area contributed by atoms with Crippen molar-refractivity contribution in [3.63, 3.8) is 0 Å². The highest BCUT2D eigenvalue weighted by Crippen LogP contribution is 2.30. The minimum Gasteiger partial charge on any atom is -0.343 e. The molecule has 2 rings (SSSR count). The highest BCUT2D eigenvalue weighted by atomic mass is 32.1. The topological polar surface area (TPSA) is 16.1 Å². The molecule has 20 heavy (non-hydrogen) atoms. The van der Waals surface area contributed by atoms with Crippen molar-refractivity contribution < 1.29 is 0 Å². The molecule has 0 aliphatic rings. The molecule has 108 valence electrons. The van der Waals surface area contributed by atoms with Gasteiger partial charge in [-0.25, -0.2) is 4.98 Å². The molecule has 2 atom stereocenters. The van der Waals surface area contributed by atoms with E-state index in [1.807, 2.05) is 6.07 Å². The monoisotopic (exact) mass is 288 g/mol. The highest BCUT2D eigenvalue weighted by molar-refractivity contribution is 7.14. The van der Waals surface area contributed by atoms with Crippen molar-refractivity contribution in [3.05, 3.63) is 35.7 Å². The lowest BCUT2D eigenvalue weighted by molar-refractivity contribution is 0.526. The fourth-order valence-corrected chi connectivity index (χ4v) is 3.37. The summed E-state index contributed by atoms with van der Waals surface area (Å²) in [6, 6.07) is 11.5. The number of hydrogen-bond acceptors (Lipinski definition) is 3. The van der Waals surface area contributed by atoms with Crippen LogP contribution in [0.15, 0.2) is 35.7 Å². The van der Waals surface area contributed by atoms with Crippen LogP contribution in [0.1, 0.15) is 40.5 Å². The lowest BCUT2D eigenvalue weighted by Gasteiger charge is -2.33. The molecule has 0 aliphatic carbocycles. The SMILES string of the molecule is CCC(C)N(c1nc(-c2ccccc2)cs1)C(C)CC. The van der Waals surface area contributed by atoms with Gasteiger partial charge in [0.15, 0.2) is 5.13 Å². The largest absolute Gasteiger partial charge is 0.343 e. The molecule has 2 nitrogen and oxygen atoms in total. The summed E-state index contributed by atoms with van der Waals surface area (Å²) in [4.78, 5) is 7.33. The van der Waals surface area contributed by atoms with Gasteiger partial charge < -0.3 is 4.90 Å². The van der Waals surface area contributed by atoms with Crippen LogP contribution < -0.4 is 4.90 Å². The predicted molar refractivity (Wildman–Crippen MR) is 89.5 cm³/mol. The molecular formula is C17H24N2S. The van der Waals surface area contributed by atoms with E-state index in [9.17, 15) is 0 Å². The number of nitrogens with zero attached hydrogens (tertiary/aromatic N) is 2. The summed E-state index contributed by atoms with van der Waals surface area (Å²) in [6.07, 6.45) is 2.29. The van der Waals surface area contributed by atoms with E-state index in [0.29, 0.717) is 12.1 Å². The Morgan fingerprint density at radius 1 is 1.05 bits per heavy atom. The van der Waals surface area contributed by atoms with Crippen molar-refractivity contribution >= 4 is 16.5 Å². The standard InChI is InChI=1S/C17H24N2S/c1-5-13(3)19(14(4)6-2)17-18-16(12-20-17)15-10-8-7-9-11-15/h7-14H,5-6H2,1-4H3. The van der Waals surface area contributed by atoms with Gasteiger partial charge in [0.25, 0.3) is 0 Å². The summed E-state index contributed by atoms with van der Waals surface area (Å²) in [6.45, 7) is 9.06. The molecule has 2 aromatic rings. The van der Waals surface area contributed by atoms with Crippen molar-refractivity contribution in [2.45, 2.75) is 52.6 Å². The molecule has 0 amide bonds. The maximum atomic E-state index is 4.86. The van der Waals surface area contributed by atoms with E-state index in [1.54, 1.807) is 11.3 Å². The average molecular weight is 288 g/mol. The Morgan fingerprint density at radius 3 is 2.20 bits per heavy atom. The summed E-state index contributed by atoms with van der Waals surface area (Å²) in [7, 11) is 0. The Labute approximate surface area is 126 Å². The molecule has 0 radical (unpaired) electrons. The Balaban J connectivity index is 2.29. The third-order valence-corrected chi connectivity index (χ3v) is 4.77. The average Bonchev–Trinajstić information content (AvgIpc) is 2.97. The zero-order valence-electron chi connectivity index (χ0n) is 12.8. The smallest absolute Gasteiger partial charge is 0.186 e. The van der Waals surface area contributed by atoms with Gasteiger partial charge in [-0.2, -0.15) is 0 Å². The third kappa shape index (κ3) is 3.21. The quantitative estimate of drug-likeness (QED) is 0.725. The van der Waals surface area contributed by atoms with Crippen LogP contribution in [0.25, 0.3) is 11.3 Å². The lowest BCUT2D eigenvalue weighted by atomic mass is 10.1. The van der Waals surface area contributed by atoms with E-state index in [-0.39, 0.29) is 0 Å². The second-order valence-electron chi connectivity index (χ2n) is 5.30. The number of hydrogen-bond donors (Lipinski definition) is 0. The van der Waals surface area contributed by atoms with Crippen molar-refractivity contribution in [2.75, 3.05) is 4.90 Å². The second-order valence-corrected chi connectivity index (χ2v) is 6.14. The van der Waals surface area contributed by atoms with Crippen LogP contribution >= 0.6 is 11.3 Å². The van der Waals surface area contributed by atoms with Crippen molar-refractivity contribution in [2.24, 2.45) is 0 Å². The minimum atomic E-state index is 0.528. The van der Waals surface area contributed by atoms with E-state index in [4.69, 9.17) is 4.98 Å². The summed E-state index contributed by atoms with van der Waals surface area (Å²) in [5.41, 5.74) is 2.28. The Bertz CT molecular complexity index is 511. The van der Waals surface area contributed by atoms with Crippen LogP contribution in [0.5, 0.6) is 0 Å². The normalized spacial score (nSPS) is 14.0. The fourth-order valence-electron chi connectivity index (χ4n) is 2.33. The first-order valence-corrected chi connectivity index (χ1v) is 8.34. The Morgan fingerprint density at radius 2 is 1.65 bits per heavy atom. The van der Waals surface area contributed by atoms with Gasteiger partial charge >= 0.3 is 0 Å². The lowest BCUT2D eigenvalue weighted by Crippen LogP contribution is -2.39. The Hall–Kier alpha value is -1.35. The summed E-state index contributed by atoms with van der Waals surface area (Å²) in [5.74, 6) is 0. The molecule has 0 fully saturated rings. The third-order valence-electron chi connectivity index (χ3n) is 3.91. The molecule has 1 heterocycles. The first-order chi connectivity index (χ1) is 9.67. The van der Waals surface area contributed by atoms with Crippen LogP contribution in [-0.4, -0.2) is 17.1 Å². The fraction of sp³-hybridized carbons (Fsp3) is 0.471. The predicted octanol–water partition coefficient (Wildman–Crippen LogP) is 5.21. The van der Waals surface area contributed by atoms with Gasteiger partial charge in [-0.05, 0) is 26.7 Å². The van der Waals surface area contributed by atoms with Gasteiger partial charge in [-0.3, -0.25) is 0 Å². The van der Waals surface area contributed by atoms with Crippen LogP contribution in [-0.2, 0) is 0 Å². The van der Waals surface area contributed by atoms with Gasteiger partial charge in [0.1, 0.15) is 0 Å². The van der Waals surface area contributed by atoms with Crippen LogP contribution in [0.3, 0.4) is 0 Å². The van der Waals surface area contributed by atoms with Crippen molar-refractivity contribution in [1.82, 2.24) is 4.98 Å². The van der Waals surface area contributed by atoms with Crippen LogP contribution in [0, 0.1) is 0 Å². The molecule has 0 saturated heterocycles. The second kappa shape index (κ2) is 6.89. The molecule has 0 saturated carbocycles. The van der Waals surface area contributed by atoms with E-state index in [1.165, 1.54) is 5.56 Å². The molecule has 0 spiro atoms.